The zero-order valence-corrected chi connectivity index (χ0v) is 14.7. The monoisotopic (exact) mass is 337 g/mol. The van der Waals surface area contributed by atoms with Gasteiger partial charge in [0.05, 0.1) is 0 Å². The van der Waals surface area contributed by atoms with Crippen molar-refractivity contribution in [2.24, 2.45) is 0 Å². The first-order chi connectivity index (χ1) is 12.0. The topological polar surface area (TPSA) is 62.3 Å². The van der Waals surface area contributed by atoms with Crippen LogP contribution in [-0.4, -0.2) is 34.8 Å². The first-order valence-corrected chi connectivity index (χ1v) is 8.69. The summed E-state index contributed by atoms with van der Waals surface area (Å²) in [7, 11) is 0. The quantitative estimate of drug-likeness (QED) is 0.931. The highest BCUT2D eigenvalue weighted by molar-refractivity contribution is 6.04. The van der Waals surface area contributed by atoms with Crippen molar-refractivity contribution in [2.45, 2.75) is 33.1 Å². The fraction of sp³-hybridized carbons (Fsp3) is 0.350. The van der Waals surface area contributed by atoms with Gasteiger partial charge in [0.2, 0.25) is 0 Å². The van der Waals surface area contributed by atoms with Crippen LogP contribution >= 0.6 is 0 Å². The molecule has 2 amide bonds. The number of anilines is 1. The molecular formula is C20H23N3O2. The van der Waals surface area contributed by atoms with Gasteiger partial charge in [-0.2, -0.15) is 0 Å². The Morgan fingerprint density at radius 3 is 2.44 bits per heavy atom. The number of nitrogens with zero attached hydrogens (tertiary/aromatic N) is 2. The van der Waals surface area contributed by atoms with Crippen molar-refractivity contribution in [3.63, 3.8) is 0 Å². The maximum absolute atomic E-state index is 12.6. The smallest absolute Gasteiger partial charge is 0.274 e. The molecule has 1 aliphatic rings. The lowest BCUT2D eigenvalue weighted by atomic mass is 10.1. The molecule has 130 valence electrons. The van der Waals surface area contributed by atoms with E-state index in [4.69, 9.17) is 0 Å². The molecule has 1 aliphatic heterocycles. The second-order valence-corrected chi connectivity index (χ2v) is 6.53. The van der Waals surface area contributed by atoms with Gasteiger partial charge in [-0.3, -0.25) is 9.59 Å². The molecule has 0 unspecified atom stereocenters. The van der Waals surface area contributed by atoms with Gasteiger partial charge in [-0.15, -0.1) is 0 Å². The molecule has 3 rings (SSSR count). The highest BCUT2D eigenvalue weighted by atomic mass is 16.2. The van der Waals surface area contributed by atoms with Gasteiger partial charge in [0.1, 0.15) is 11.4 Å². The maximum atomic E-state index is 12.6. The van der Waals surface area contributed by atoms with Crippen LogP contribution in [0.25, 0.3) is 0 Å². The number of carbonyl (C=O) groups is 2. The Kier molecular flexibility index (Phi) is 5.12. The van der Waals surface area contributed by atoms with E-state index in [1.807, 2.05) is 36.9 Å². The van der Waals surface area contributed by atoms with Gasteiger partial charge in [-0.25, -0.2) is 4.98 Å². The average molecular weight is 337 g/mol. The van der Waals surface area contributed by atoms with Crippen LogP contribution in [0.2, 0.25) is 0 Å². The summed E-state index contributed by atoms with van der Waals surface area (Å²) < 4.78 is 0. The number of piperidine rings is 1. The van der Waals surface area contributed by atoms with Crippen molar-refractivity contribution in [3.8, 4) is 0 Å². The Bertz CT molecular complexity index is 795. The Morgan fingerprint density at radius 1 is 1.00 bits per heavy atom. The van der Waals surface area contributed by atoms with Gasteiger partial charge in [0.15, 0.2) is 0 Å². The molecule has 0 bridgehead atoms. The summed E-state index contributed by atoms with van der Waals surface area (Å²) in [6.07, 6.45) is 3.22. The minimum Gasteiger partial charge on any atom is -0.337 e. The number of likely N-dealkylation sites (tertiary alicyclic amines) is 1. The lowest BCUT2D eigenvalue weighted by Crippen LogP contribution is -2.36. The van der Waals surface area contributed by atoms with Crippen LogP contribution in [0.1, 0.15) is 51.4 Å². The Hall–Kier alpha value is -2.69. The normalized spacial score (nSPS) is 14.2. The number of nitrogens with one attached hydrogen (secondary N) is 1. The molecule has 0 atom stereocenters. The van der Waals surface area contributed by atoms with E-state index in [0.717, 1.165) is 49.2 Å². The predicted octanol–water partition coefficient (Wildman–Crippen LogP) is 3.58. The van der Waals surface area contributed by atoms with Crippen LogP contribution in [0, 0.1) is 13.8 Å². The summed E-state index contributed by atoms with van der Waals surface area (Å²) in [6.45, 7) is 5.49. The van der Waals surface area contributed by atoms with E-state index in [2.05, 4.69) is 10.3 Å². The van der Waals surface area contributed by atoms with E-state index in [1.165, 1.54) is 0 Å². The fourth-order valence-electron chi connectivity index (χ4n) is 3.08. The van der Waals surface area contributed by atoms with Gasteiger partial charge in [-0.1, -0.05) is 23.8 Å². The summed E-state index contributed by atoms with van der Waals surface area (Å²) in [6, 6.07) is 10.9. The molecule has 5 heteroatoms. The Balaban J connectivity index is 1.76. The van der Waals surface area contributed by atoms with Crippen LogP contribution in [0.4, 0.5) is 5.69 Å². The number of carbonyl (C=O) groups excluding carboxylic acids is 2. The number of rotatable bonds is 3. The second-order valence-electron chi connectivity index (χ2n) is 6.53. The maximum Gasteiger partial charge on any atom is 0.274 e. The van der Waals surface area contributed by atoms with Crippen LogP contribution < -0.4 is 5.32 Å². The summed E-state index contributed by atoms with van der Waals surface area (Å²) in [5.41, 5.74) is 3.47. The molecule has 0 saturated carbocycles. The molecule has 2 aromatic rings. The molecule has 25 heavy (non-hydrogen) atoms. The molecular weight excluding hydrogens is 314 g/mol. The molecule has 1 saturated heterocycles. The van der Waals surface area contributed by atoms with Gasteiger partial charge >= 0.3 is 0 Å². The van der Waals surface area contributed by atoms with Crippen LogP contribution in [0.15, 0.2) is 36.4 Å². The number of hydrogen-bond donors (Lipinski definition) is 1. The van der Waals surface area contributed by atoms with E-state index in [0.29, 0.717) is 5.69 Å². The summed E-state index contributed by atoms with van der Waals surface area (Å²) in [5.74, 6) is -0.402. The van der Waals surface area contributed by atoms with Crippen molar-refractivity contribution in [2.75, 3.05) is 18.4 Å². The largest absolute Gasteiger partial charge is 0.337 e. The van der Waals surface area contributed by atoms with Crippen molar-refractivity contribution in [3.05, 3.63) is 58.9 Å². The predicted molar refractivity (Wildman–Crippen MR) is 97.9 cm³/mol. The number of hydrogen-bond acceptors (Lipinski definition) is 3. The van der Waals surface area contributed by atoms with Gasteiger partial charge < -0.3 is 10.2 Å². The molecule has 1 fully saturated rings. The fourth-order valence-corrected chi connectivity index (χ4v) is 3.08. The lowest BCUT2D eigenvalue weighted by molar-refractivity contribution is 0.0718. The average Bonchev–Trinajstić information content (AvgIpc) is 2.64. The number of amides is 2. The van der Waals surface area contributed by atoms with Crippen LogP contribution in [0.3, 0.4) is 0 Å². The van der Waals surface area contributed by atoms with Crippen LogP contribution in [0.5, 0.6) is 0 Å². The molecule has 1 aromatic carbocycles. The Labute approximate surface area is 148 Å². The van der Waals surface area contributed by atoms with Gasteiger partial charge in [0.25, 0.3) is 11.8 Å². The van der Waals surface area contributed by atoms with E-state index >= 15 is 0 Å². The van der Waals surface area contributed by atoms with Crippen molar-refractivity contribution in [1.29, 1.82) is 0 Å². The summed E-state index contributed by atoms with van der Waals surface area (Å²) in [4.78, 5) is 31.2. The Morgan fingerprint density at radius 2 is 1.72 bits per heavy atom. The van der Waals surface area contributed by atoms with E-state index in [-0.39, 0.29) is 17.5 Å². The zero-order valence-electron chi connectivity index (χ0n) is 14.7. The van der Waals surface area contributed by atoms with Crippen molar-refractivity contribution >= 4 is 17.5 Å². The van der Waals surface area contributed by atoms with E-state index in [1.54, 1.807) is 18.2 Å². The molecule has 0 radical (unpaired) electrons. The minimum atomic E-state index is -0.305. The number of aryl methyl sites for hydroxylation is 2. The second kappa shape index (κ2) is 7.47. The van der Waals surface area contributed by atoms with Gasteiger partial charge in [0, 0.05) is 18.8 Å². The van der Waals surface area contributed by atoms with E-state index < -0.39 is 0 Å². The third-order valence-corrected chi connectivity index (χ3v) is 4.47. The van der Waals surface area contributed by atoms with Crippen molar-refractivity contribution < 1.29 is 9.59 Å². The standard InChI is InChI=1S/C20H23N3O2/c1-14-9-10-16(15(2)13-14)22-19(24)17-7-6-8-18(21-17)20(25)23-11-4-3-5-12-23/h6-10,13H,3-5,11-12H2,1-2H3,(H,22,24). The highest BCUT2D eigenvalue weighted by Crippen LogP contribution is 2.17. The molecule has 0 spiro atoms. The highest BCUT2D eigenvalue weighted by Gasteiger charge is 2.20. The van der Waals surface area contributed by atoms with Crippen molar-refractivity contribution in [1.82, 2.24) is 9.88 Å². The first-order valence-electron chi connectivity index (χ1n) is 8.69. The zero-order chi connectivity index (χ0) is 17.8. The van der Waals surface area contributed by atoms with E-state index in [9.17, 15) is 9.59 Å². The molecule has 5 nitrogen and oxygen atoms in total. The summed E-state index contributed by atoms with van der Waals surface area (Å²) in [5, 5.41) is 2.87. The number of benzene rings is 1. The number of aromatic nitrogens is 1. The molecule has 1 aromatic heterocycles. The lowest BCUT2D eigenvalue weighted by Gasteiger charge is -2.26. The third kappa shape index (κ3) is 4.05. The van der Waals surface area contributed by atoms with Gasteiger partial charge in [-0.05, 0) is 56.9 Å². The SMILES string of the molecule is Cc1ccc(NC(=O)c2cccc(C(=O)N3CCCCC3)n2)c(C)c1. The third-order valence-electron chi connectivity index (χ3n) is 4.47. The number of pyridine rings is 1. The molecule has 2 heterocycles. The summed E-state index contributed by atoms with van der Waals surface area (Å²) >= 11 is 0. The molecule has 1 N–H and O–H groups in total. The molecule has 0 aliphatic carbocycles. The van der Waals surface area contributed by atoms with Crippen LogP contribution in [-0.2, 0) is 0 Å². The minimum absolute atomic E-state index is 0.0964. The first kappa shape index (κ1) is 17.1.